The number of aromatic nitrogens is 4. The molecule has 3 heterocycles. The number of imidazole rings is 1. The fourth-order valence-corrected chi connectivity index (χ4v) is 3.70. The fraction of sp³-hybridized carbons (Fsp3) is 0.421. The first kappa shape index (κ1) is 14.8. The van der Waals surface area contributed by atoms with Crippen LogP contribution in [0.25, 0.3) is 10.9 Å². The number of hydrogen-bond acceptors (Lipinski definition) is 5. The lowest BCUT2D eigenvalue weighted by Crippen LogP contribution is -2.46. The summed E-state index contributed by atoms with van der Waals surface area (Å²) in [6.45, 7) is 5.28. The van der Waals surface area contributed by atoms with Gasteiger partial charge in [0.1, 0.15) is 6.33 Å². The molecule has 1 aliphatic heterocycles. The number of fused-ring (bicyclic) bond motifs is 1. The molecule has 1 aromatic carbocycles. The second-order valence-electron chi connectivity index (χ2n) is 7.05. The van der Waals surface area contributed by atoms with Crippen LogP contribution in [0.4, 0.5) is 5.69 Å². The average Bonchev–Trinajstić information content (AvgIpc) is 3.41. The summed E-state index contributed by atoms with van der Waals surface area (Å²) >= 11 is 0. The molecular formula is C19H22N6. The summed E-state index contributed by atoms with van der Waals surface area (Å²) in [4.78, 5) is 17.8. The summed E-state index contributed by atoms with van der Waals surface area (Å²) in [5.74, 6) is 0. The minimum Gasteiger partial charge on any atom is -0.369 e. The molecule has 3 aromatic rings. The van der Waals surface area contributed by atoms with Gasteiger partial charge < -0.3 is 9.47 Å². The Morgan fingerprint density at radius 2 is 1.88 bits per heavy atom. The quantitative estimate of drug-likeness (QED) is 0.734. The number of benzene rings is 1. The Balaban J connectivity index is 1.25. The minimum absolute atomic E-state index is 0.707. The third-order valence-electron chi connectivity index (χ3n) is 5.30. The van der Waals surface area contributed by atoms with Gasteiger partial charge in [0.2, 0.25) is 0 Å². The minimum atomic E-state index is 0.707. The molecule has 128 valence electrons. The zero-order chi connectivity index (χ0) is 16.6. The van der Waals surface area contributed by atoms with Crippen molar-refractivity contribution < 1.29 is 0 Å². The molecule has 0 amide bonds. The molecule has 0 bridgehead atoms. The van der Waals surface area contributed by atoms with Gasteiger partial charge in [0, 0.05) is 62.2 Å². The Morgan fingerprint density at radius 1 is 1.00 bits per heavy atom. The van der Waals surface area contributed by atoms with Crippen LogP contribution in [-0.2, 0) is 6.54 Å². The molecule has 0 radical (unpaired) electrons. The smallest absolute Gasteiger partial charge is 0.116 e. The van der Waals surface area contributed by atoms with E-state index >= 15 is 0 Å². The zero-order valence-corrected chi connectivity index (χ0v) is 14.3. The zero-order valence-electron chi connectivity index (χ0n) is 14.3. The Bertz CT molecular complexity index is 876. The molecule has 0 N–H and O–H groups in total. The molecule has 1 saturated heterocycles. The van der Waals surface area contributed by atoms with E-state index in [1.165, 1.54) is 24.2 Å². The first-order valence-electron chi connectivity index (χ1n) is 9.04. The lowest BCUT2D eigenvalue weighted by Gasteiger charge is -2.36. The fourth-order valence-electron chi connectivity index (χ4n) is 3.70. The van der Waals surface area contributed by atoms with Crippen molar-refractivity contribution in [1.29, 1.82) is 0 Å². The summed E-state index contributed by atoms with van der Waals surface area (Å²) in [6, 6.07) is 7.17. The van der Waals surface area contributed by atoms with Crippen LogP contribution in [0.1, 0.15) is 24.6 Å². The van der Waals surface area contributed by atoms with E-state index in [4.69, 9.17) is 0 Å². The summed E-state index contributed by atoms with van der Waals surface area (Å²) < 4.78 is 2.37. The number of piperazine rings is 1. The van der Waals surface area contributed by atoms with Crippen LogP contribution in [0.15, 0.2) is 43.2 Å². The Labute approximate surface area is 147 Å². The summed E-state index contributed by atoms with van der Waals surface area (Å²) in [5.41, 5.74) is 3.63. The van der Waals surface area contributed by atoms with Gasteiger partial charge in [-0.2, -0.15) is 0 Å². The van der Waals surface area contributed by atoms with E-state index in [1.807, 2.05) is 18.7 Å². The van der Waals surface area contributed by atoms with Gasteiger partial charge in [-0.25, -0.2) is 15.0 Å². The summed E-state index contributed by atoms with van der Waals surface area (Å²) in [6.07, 6.45) is 10.1. The first-order chi connectivity index (χ1) is 12.4. The molecule has 0 unspecified atom stereocenters. The second kappa shape index (κ2) is 6.11. The number of hydrogen-bond donors (Lipinski definition) is 0. The van der Waals surface area contributed by atoms with E-state index in [0.717, 1.165) is 43.6 Å². The van der Waals surface area contributed by atoms with Gasteiger partial charge >= 0.3 is 0 Å². The molecule has 6 heteroatoms. The first-order valence-corrected chi connectivity index (χ1v) is 9.04. The Hall–Kier alpha value is -2.47. The maximum absolute atomic E-state index is 4.35. The number of anilines is 1. The highest BCUT2D eigenvalue weighted by atomic mass is 15.3. The van der Waals surface area contributed by atoms with E-state index in [0.29, 0.717) is 6.04 Å². The van der Waals surface area contributed by atoms with Gasteiger partial charge in [-0.3, -0.25) is 4.90 Å². The van der Waals surface area contributed by atoms with Crippen molar-refractivity contribution in [2.24, 2.45) is 0 Å². The average molecular weight is 334 g/mol. The third-order valence-corrected chi connectivity index (χ3v) is 5.30. The van der Waals surface area contributed by atoms with Crippen LogP contribution in [0.5, 0.6) is 0 Å². The molecule has 0 atom stereocenters. The van der Waals surface area contributed by atoms with Crippen molar-refractivity contribution in [1.82, 2.24) is 24.4 Å². The molecule has 2 aromatic heterocycles. The van der Waals surface area contributed by atoms with Crippen LogP contribution in [-0.4, -0.2) is 50.6 Å². The van der Waals surface area contributed by atoms with Crippen LogP contribution >= 0.6 is 0 Å². The molecule has 5 rings (SSSR count). The molecule has 2 aliphatic rings. The highest BCUT2D eigenvalue weighted by Gasteiger charge is 2.26. The van der Waals surface area contributed by atoms with Crippen molar-refractivity contribution in [3.63, 3.8) is 0 Å². The second-order valence-corrected chi connectivity index (χ2v) is 7.05. The van der Waals surface area contributed by atoms with Crippen LogP contribution in [0.2, 0.25) is 0 Å². The monoisotopic (exact) mass is 334 g/mol. The van der Waals surface area contributed by atoms with E-state index in [-0.39, 0.29) is 0 Å². The molecular weight excluding hydrogens is 312 g/mol. The van der Waals surface area contributed by atoms with Crippen molar-refractivity contribution in [3.8, 4) is 0 Å². The van der Waals surface area contributed by atoms with Crippen LogP contribution in [0, 0.1) is 0 Å². The molecule has 2 fully saturated rings. The van der Waals surface area contributed by atoms with E-state index in [2.05, 4.69) is 47.5 Å². The topological polar surface area (TPSA) is 50.1 Å². The summed E-state index contributed by atoms with van der Waals surface area (Å²) in [7, 11) is 0. The van der Waals surface area contributed by atoms with Crippen molar-refractivity contribution >= 4 is 16.6 Å². The van der Waals surface area contributed by atoms with Gasteiger partial charge in [-0.05, 0) is 31.0 Å². The number of rotatable bonds is 4. The maximum Gasteiger partial charge on any atom is 0.116 e. The SMILES string of the molecule is c1ncc2cc(N3CCN(Cc4cncn4C4CC4)CC3)ccc2n1. The highest BCUT2D eigenvalue weighted by molar-refractivity contribution is 5.81. The van der Waals surface area contributed by atoms with Crippen molar-refractivity contribution in [2.75, 3.05) is 31.1 Å². The van der Waals surface area contributed by atoms with E-state index in [1.54, 1.807) is 6.33 Å². The third kappa shape index (κ3) is 2.98. The Morgan fingerprint density at radius 3 is 2.72 bits per heavy atom. The lowest BCUT2D eigenvalue weighted by molar-refractivity contribution is 0.244. The van der Waals surface area contributed by atoms with Gasteiger partial charge in [-0.1, -0.05) is 0 Å². The lowest BCUT2D eigenvalue weighted by atomic mass is 10.2. The van der Waals surface area contributed by atoms with Crippen molar-refractivity contribution in [3.05, 3.63) is 48.9 Å². The predicted octanol–water partition coefficient (Wildman–Crippen LogP) is 2.48. The normalized spacial score (nSPS) is 18.8. The highest BCUT2D eigenvalue weighted by Crippen LogP contribution is 2.35. The standard InChI is InChI=1S/C19H22N6/c1-2-16(1)25-14-21-11-18(25)12-23-5-7-24(8-6-23)17-3-4-19-15(9-17)10-20-13-22-19/h3-4,9-11,13-14,16H,1-2,5-8,12H2. The summed E-state index contributed by atoms with van der Waals surface area (Å²) in [5, 5.41) is 1.11. The molecule has 25 heavy (non-hydrogen) atoms. The van der Waals surface area contributed by atoms with Crippen molar-refractivity contribution in [2.45, 2.75) is 25.4 Å². The maximum atomic E-state index is 4.35. The largest absolute Gasteiger partial charge is 0.369 e. The molecule has 1 saturated carbocycles. The molecule has 6 nitrogen and oxygen atoms in total. The van der Waals surface area contributed by atoms with Gasteiger partial charge in [-0.15, -0.1) is 0 Å². The molecule has 0 spiro atoms. The Kier molecular flexibility index (Phi) is 3.63. The van der Waals surface area contributed by atoms with Gasteiger partial charge in [0.05, 0.1) is 17.5 Å². The van der Waals surface area contributed by atoms with Crippen LogP contribution in [0.3, 0.4) is 0 Å². The van der Waals surface area contributed by atoms with Gasteiger partial charge in [0.15, 0.2) is 0 Å². The van der Waals surface area contributed by atoms with E-state index in [9.17, 15) is 0 Å². The van der Waals surface area contributed by atoms with Crippen LogP contribution < -0.4 is 4.90 Å². The number of nitrogens with zero attached hydrogens (tertiary/aromatic N) is 6. The van der Waals surface area contributed by atoms with Gasteiger partial charge in [0.25, 0.3) is 0 Å². The predicted molar refractivity (Wildman–Crippen MR) is 97.5 cm³/mol. The molecule has 1 aliphatic carbocycles. The van der Waals surface area contributed by atoms with E-state index < -0.39 is 0 Å².